The van der Waals surface area contributed by atoms with Gasteiger partial charge in [-0.3, -0.25) is 4.79 Å². The lowest BCUT2D eigenvalue weighted by molar-refractivity contribution is -0.127. The third-order valence-electron chi connectivity index (χ3n) is 4.19. The van der Waals surface area contributed by atoms with Gasteiger partial charge in [0.25, 0.3) is 0 Å². The molecule has 23 heavy (non-hydrogen) atoms. The van der Waals surface area contributed by atoms with Crippen molar-refractivity contribution in [2.45, 2.75) is 19.4 Å². The Kier molecular flexibility index (Phi) is 4.63. The minimum absolute atomic E-state index is 0.0136. The smallest absolute Gasteiger partial charge is 0.237 e. The lowest BCUT2D eigenvalue weighted by atomic mass is 9.94. The van der Waals surface area contributed by atoms with E-state index in [9.17, 15) is 4.79 Å². The van der Waals surface area contributed by atoms with Crippen molar-refractivity contribution in [1.82, 2.24) is 4.98 Å². The lowest BCUT2D eigenvalue weighted by Gasteiger charge is -2.30. The molecule has 0 radical (unpaired) electrons. The first-order chi connectivity index (χ1) is 11.1. The van der Waals surface area contributed by atoms with E-state index in [-0.39, 0.29) is 17.9 Å². The Morgan fingerprint density at radius 3 is 3.13 bits per heavy atom. The van der Waals surface area contributed by atoms with Gasteiger partial charge in [0.1, 0.15) is 5.69 Å². The van der Waals surface area contributed by atoms with Gasteiger partial charge in [-0.05, 0) is 29.1 Å². The number of ether oxygens (including phenoxy) is 2. The number of carbonyl (C=O) groups is 1. The van der Waals surface area contributed by atoms with Crippen molar-refractivity contribution in [2.24, 2.45) is 5.92 Å². The predicted octanol–water partition coefficient (Wildman–Crippen LogP) is 3.06. The largest absolute Gasteiger partial charge is 0.480 e. The van der Waals surface area contributed by atoms with Crippen LogP contribution in [0.1, 0.15) is 23.5 Å². The fourth-order valence-corrected chi connectivity index (χ4v) is 3.84. The molecule has 3 rings (SSSR count). The maximum Gasteiger partial charge on any atom is 0.237 e. The Bertz CT molecular complexity index is 701. The molecule has 2 aromatic rings. The second-order valence-electron chi connectivity index (χ2n) is 5.56. The quantitative estimate of drug-likeness (QED) is 0.863. The minimum atomic E-state index is -0.279. The fourth-order valence-electron chi connectivity index (χ4n) is 2.94. The molecular weight excluding hydrogens is 312 g/mol. The van der Waals surface area contributed by atoms with Gasteiger partial charge >= 0.3 is 0 Å². The Labute approximate surface area is 139 Å². The number of carbonyl (C=O) groups excluding carboxylic acids is 1. The first kappa shape index (κ1) is 16.0. The zero-order valence-corrected chi connectivity index (χ0v) is 14.3. The maximum absolute atomic E-state index is 12.9. The van der Waals surface area contributed by atoms with Crippen molar-refractivity contribution in [2.75, 3.05) is 25.7 Å². The molecule has 0 saturated heterocycles. The number of methoxy groups -OCH3 is 1. The molecule has 1 amide bonds. The van der Waals surface area contributed by atoms with E-state index in [2.05, 4.69) is 16.4 Å². The van der Waals surface area contributed by atoms with Crippen LogP contribution in [0.5, 0.6) is 5.88 Å². The van der Waals surface area contributed by atoms with Gasteiger partial charge in [-0.2, -0.15) is 0 Å². The number of aromatic nitrogens is 1. The van der Waals surface area contributed by atoms with Gasteiger partial charge in [-0.1, -0.05) is 6.92 Å². The van der Waals surface area contributed by atoms with Crippen LogP contribution >= 0.6 is 11.3 Å². The summed E-state index contributed by atoms with van der Waals surface area (Å²) >= 11 is 1.73. The second-order valence-corrected chi connectivity index (χ2v) is 6.56. The molecule has 0 unspecified atom stereocenters. The molecule has 0 spiro atoms. The molecule has 6 heteroatoms. The highest BCUT2D eigenvalue weighted by Gasteiger charge is 2.33. The number of nitrogens with zero attached hydrogens (tertiary/aromatic N) is 2. The summed E-state index contributed by atoms with van der Waals surface area (Å²) in [5.74, 6) is 0.148. The monoisotopic (exact) mass is 332 g/mol. The van der Waals surface area contributed by atoms with Crippen molar-refractivity contribution < 1.29 is 14.3 Å². The number of hydrogen-bond acceptors (Lipinski definition) is 5. The predicted molar refractivity (Wildman–Crippen MR) is 90.1 cm³/mol. The molecule has 2 aromatic heterocycles. The summed E-state index contributed by atoms with van der Waals surface area (Å²) < 4.78 is 11.2. The summed E-state index contributed by atoms with van der Waals surface area (Å²) in [6, 6.07) is 5.69. The Morgan fingerprint density at radius 1 is 1.52 bits per heavy atom. The van der Waals surface area contributed by atoms with Crippen molar-refractivity contribution in [3.63, 3.8) is 0 Å². The van der Waals surface area contributed by atoms with E-state index < -0.39 is 0 Å². The second kappa shape index (κ2) is 6.68. The van der Waals surface area contributed by atoms with Gasteiger partial charge < -0.3 is 14.4 Å². The van der Waals surface area contributed by atoms with Crippen LogP contribution in [0, 0.1) is 5.92 Å². The van der Waals surface area contributed by atoms with E-state index in [1.807, 2.05) is 13.0 Å². The standard InChI is InChI=1S/C17H20N2O3S/c1-11(15-12-7-10-23-14(12)6-9-22-15)17(20)19(2)13-5-4-8-18-16(13)21-3/h4-5,7-8,10-11,15H,6,9H2,1-3H3/t11-,15+/m1/s1. The van der Waals surface area contributed by atoms with Gasteiger partial charge in [0.05, 0.1) is 25.7 Å². The minimum Gasteiger partial charge on any atom is -0.480 e. The lowest BCUT2D eigenvalue weighted by Crippen LogP contribution is -2.36. The molecule has 0 saturated carbocycles. The molecule has 1 aliphatic heterocycles. The molecule has 2 atom stereocenters. The van der Waals surface area contributed by atoms with Crippen LogP contribution in [-0.4, -0.2) is 31.7 Å². The molecule has 0 fully saturated rings. The number of pyridine rings is 1. The van der Waals surface area contributed by atoms with Gasteiger partial charge in [0.2, 0.25) is 11.8 Å². The fraction of sp³-hybridized carbons (Fsp3) is 0.412. The molecule has 0 bridgehead atoms. The Hall–Kier alpha value is -1.92. The van der Waals surface area contributed by atoms with Crippen LogP contribution in [-0.2, 0) is 16.0 Å². The van der Waals surface area contributed by atoms with Crippen molar-refractivity contribution >= 4 is 22.9 Å². The van der Waals surface area contributed by atoms with Crippen LogP contribution in [0.2, 0.25) is 0 Å². The van der Waals surface area contributed by atoms with E-state index in [0.717, 1.165) is 12.0 Å². The summed E-state index contributed by atoms with van der Waals surface area (Å²) in [5, 5.41) is 2.07. The van der Waals surface area contributed by atoms with Gasteiger partial charge in [-0.25, -0.2) is 4.98 Å². The van der Waals surface area contributed by atoms with Crippen LogP contribution in [0.3, 0.4) is 0 Å². The van der Waals surface area contributed by atoms with Gasteiger partial charge in [-0.15, -0.1) is 11.3 Å². The highest BCUT2D eigenvalue weighted by atomic mass is 32.1. The average molecular weight is 332 g/mol. The summed E-state index contributed by atoms with van der Waals surface area (Å²) in [4.78, 5) is 20.0. The summed E-state index contributed by atoms with van der Waals surface area (Å²) in [5.41, 5.74) is 1.81. The third-order valence-corrected chi connectivity index (χ3v) is 5.19. The Balaban J connectivity index is 1.83. The molecule has 0 aliphatic carbocycles. The topological polar surface area (TPSA) is 51.7 Å². The van der Waals surface area contributed by atoms with E-state index in [4.69, 9.17) is 9.47 Å². The normalized spacial score (nSPS) is 18.1. The molecule has 0 aromatic carbocycles. The highest BCUT2D eigenvalue weighted by Crippen LogP contribution is 2.37. The van der Waals surface area contributed by atoms with Crippen LogP contribution in [0.15, 0.2) is 29.8 Å². The molecule has 0 N–H and O–H groups in total. The van der Waals surface area contributed by atoms with Crippen molar-refractivity contribution in [3.05, 3.63) is 40.2 Å². The zero-order valence-electron chi connectivity index (χ0n) is 13.5. The number of amides is 1. The van der Waals surface area contributed by atoms with Crippen molar-refractivity contribution in [1.29, 1.82) is 0 Å². The summed E-state index contributed by atoms with van der Waals surface area (Å²) in [6.45, 7) is 2.58. The van der Waals surface area contributed by atoms with Crippen LogP contribution in [0.4, 0.5) is 5.69 Å². The van der Waals surface area contributed by atoms with E-state index in [0.29, 0.717) is 18.2 Å². The van der Waals surface area contributed by atoms with E-state index in [1.54, 1.807) is 42.7 Å². The number of thiophene rings is 1. The number of anilines is 1. The van der Waals surface area contributed by atoms with Crippen LogP contribution in [0.25, 0.3) is 0 Å². The molecular formula is C17H20N2O3S. The zero-order chi connectivity index (χ0) is 16.4. The summed E-state index contributed by atoms with van der Waals surface area (Å²) in [7, 11) is 3.30. The highest BCUT2D eigenvalue weighted by molar-refractivity contribution is 7.10. The maximum atomic E-state index is 12.9. The van der Waals surface area contributed by atoms with E-state index >= 15 is 0 Å². The Morgan fingerprint density at radius 2 is 2.35 bits per heavy atom. The molecule has 1 aliphatic rings. The van der Waals surface area contributed by atoms with Gasteiger partial charge in [0.15, 0.2) is 0 Å². The first-order valence-electron chi connectivity index (χ1n) is 7.58. The third kappa shape index (κ3) is 2.96. The van der Waals surface area contributed by atoms with Gasteiger partial charge in [0, 0.05) is 24.5 Å². The van der Waals surface area contributed by atoms with E-state index in [1.165, 1.54) is 4.88 Å². The van der Waals surface area contributed by atoms with Crippen molar-refractivity contribution in [3.8, 4) is 5.88 Å². The number of hydrogen-bond donors (Lipinski definition) is 0. The molecule has 5 nitrogen and oxygen atoms in total. The number of fused-ring (bicyclic) bond motifs is 1. The SMILES string of the molecule is COc1ncccc1N(C)C(=O)[C@H](C)[C@@H]1OCCc2sccc21. The average Bonchev–Trinajstić information content (AvgIpc) is 3.08. The summed E-state index contributed by atoms with van der Waals surface area (Å²) in [6.07, 6.45) is 2.38. The molecule has 122 valence electrons. The molecule has 3 heterocycles. The number of rotatable bonds is 4. The first-order valence-corrected chi connectivity index (χ1v) is 8.46. The van der Waals surface area contributed by atoms with Crippen LogP contribution < -0.4 is 9.64 Å².